The number of amides is 1. The summed E-state index contributed by atoms with van der Waals surface area (Å²) in [5.41, 5.74) is 1.23. The van der Waals surface area contributed by atoms with Crippen LogP contribution >= 0.6 is 11.3 Å². The maximum atomic E-state index is 12.5. The zero-order chi connectivity index (χ0) is 19.5. The average molecular weight is 404 g/mol. The fourth-order valence-corrected chi connectivity index (χ4v) is 5.24. The summed E-state index contributed by atoms with van der Waals surface area (Å²) in [6.45, 7) is 9.65. The molecule has 152 valence electrons. The molecule has 7 nitrogen and oxygen atoms in total. The summed E-state index contributed by atoms with van der Waals surface area (Å²) in [7, 11) is 0. The topological polar surface area (TPSA) is 74.5 Å². The van der Waals surface area contributed by atoms with Gasteiger partial charge in [-0.25, -0.2) is 4.98 Å². The lowest BCUT2D eigenvalue weighted by Crippen LogP contribution is -2.40. The molecule has 4 rings (SSSR count). The number of nitrogens with one attached hydrogen (secondary N) is 1. The number of aromatic nitrogens is 2. The normalized spacial score (nSPS) is 20.6. The van der Waals surface area contributed by atoms with E-state index in [1.807, 2.05) is 17.5 Å². The van der Waals surface area contributed by atoms with Crippen LogP contribution in [-0.4, -0.2) is 53.7 Å². The van der Waals surface area contributed by atoms with E-state index in [-0.39, 0.29) is 5.91 Å². The predicted octanol–water partition coefficient (Wildman–Crippen LogP) is 2.99. The lowest BCUT2D eigenvalue weighted by atomic mass is 9.97. The summed E-state index contributed by atoms with van der Waals surface area (Å²) in [6.07, 6.45) is 6.93. The smallest absolute Gasteiger partial charge is 0.256 e. The van der Waals surface area contributed by atoms with Gasteiger partial charge in [0, 0.05) is 43.8 Å². The molecule has 0 saturated carbocycles. The number of carbonyl (C=O) groups excluding carboxylic acids is 1. The van der Waals surface area contributed by atoms with Crippen molar-refractivity contribution in [3.05, 3.63) is 28.1 Å². The summed E-state index contributed by atoms with van der Waals surface area (Å²) in [4.78, 5) is 23.3. The van der Waals surface area contributed by atoms with E-state index in [1.165, 1.54) is 29.3 Å². The SMILES string of the molecule is Cc1noc(C)c1C(=O)NCC1CCCN(Cc2cnc(N3CCCC3)s2)C1. The van der Waals surface area contributed by atoms with Crippen LogP contribution in [0.3, 0.4) is 0 Å². The first-order valence-corrected chi connectivity index (χ1v) is 11.0. The third kappa shape index (κ3) is 4.38. The van der Waals surface area contributed by atoms with E-state index < -0.39 is 0 Å². The van der Waals surface area contributed by atoms with Crippen LogP contribution in [0.15, 0.2) is 10.7 Å². The number of anilines is 1. The van der Waals surface area contributed by atoms with Gasteiger partial charge in [-0.2, -0.15) is 0 Å². The number of hydrogen-bond donors (Lipinski definition) is 1. The Hall–Kier alpha value is -1.93. The van der Waals surface area contributed by atoms with Crippen molar-refractivity contribution in [1.29, 1.82) is 0 Å². The monoisotopic (exact) mass is 403 g/mol. The number of carbonyl (C=O) groups is 1. The molecule has 4 heterocycles. The molecule has 8 heteroatoms. The molecule has 0 spiro atoms. The Morgan fingerprint density at radius 3 is 2.86 bits per heavy atom. The quantitative estimate of drug-likeness (QED) is 0.799. The van der Waals surface area contributed by atoms with Gasteiger partial charge in [-0.1, -0.05) is 5.16 Å². The molecular weight excluding hydrogens is 374 g/mol. The van der Waals surface area contributed by atoms with Gasteiger partial charge in [0.15, 0.2) is 5.13 Å². The fraction of sp³-hybridized carbons (Fsp3) is 0.650. The average Bonchev–Trinajstić information content (AvgIpc) is 3.42. The van der Waals surface area contributed by atoms with Gasteiger partial charge < -0.3 is 14.7 Å². The Labute approximate surface area is 170 Å². The largest absolute Gasteiger partial charge is 0.361 e. The van der Waals surface area contributed by atoms with E-state index in [4.69, 9.17) is 4.52 Å². The maximum Gasteiger partial charge on any atom is 0.256 e. The van der Waals surface area contributed by atoms with E-state index in [2.05, 4.69) is 25.3 Å². The zero-order valence-corrected chi connectivity index (χ0v) is 17.6. The minimum absolute atomic E-state index is 0.0777. The Kier molecular flexibility index (Phi) is 5.96. The third-order valence-electron chi connectivity index (χ3n) is 5.71. The molecule has 2 saturated heterocycles. The van der Waals surface area contributed by atoms with Crippen molar-refractivity contribution in [2.24, 2.45) is 5.92 Å². The Bertz CT molecular complexity index is 792. The highest BCUT2D eigenvalue weighted by atomic mass is 32.1. The molecule has 1 unspecified atom stereocenters. The number of hydrogen-bond acceptors (Lipinski definition) is 7. The highest BCUT2D eigenvalue weighted by molar-refractivity contribution is 7.15. The second kappa shape index (κ2) is 8.61. The summed E-state index contributed by atoms with van der Waals surface area (Å²) in [5.74, 6) is 0.981. The molecule has 0 radical (unpaired) electrons. The molecule has 0 aliphatic carbocycles. The third-order valence-corrected chi connectivity index (χ3v) is 6.76. The standard InChI is InChI=1S/C20H29N5O2S/c1-14-18(15(2)27-23-14)19(26)21-10-16-6-5-7-24(12-16)13-17-11-22-20(28-17)25-8-3-4-9-25/h11,16H,3-10,12-13H2,1-2H3,(H,21,26). The molecule has 2 aromatic rings. The molecule has 2 fully saturated rings. The second-order valence-electron chi connectivity index (χ2n) is 7.96. The van der Waals surface area contributed by atoms with Crippen LogP contribution in [0, 0.1) is 19.8 Å². The number of rotatable bonds is 6. The van der Waals surface area contributed by atoms with Crippen LogP contribution in [0.25, 0.3) is 0 Å². The van der Waals surface area contributed by atoms with Crippen LogP contribution < -0.4 is 10.2 Å². The minimum atomic E-state index is -0.0777. The molecule has 2 aliphatic heterocycles. The van der Waals surface area contributed by atoms with Crippen LogP contribution in [0.4, 0.5) is 5.13 Å². The van der Waals surface area contributed by atoms with Gasteiger partial charge in [0.1, 0.15) is 11.3 Å². The number of aryl methyl sites for hydroxylation is 2. The Morgan fingerprint density at radius 1 is 1.29 bits per heavy atom. The van der Waals surface area contributed by atoms with Crippen LogP contribution in [-0.2, 0) is 6.54 Å². The van der Waals surface area contributed by atoms with Crippen molar-refractivity contribution in [2.45, 2.75) is 46.1 Å². The number of piperidine rings is 1. The van der Waals surface area contributed by atoms with E-state index in [9.17, 15) is 4.79 Å². The Balaban J connectivity index is 1.28. The molecule has 0 bridgehead atoms. The van der Waals surface area contributed by atoms with Gasteiger partial charge in [-0.15, -0.1) is 11.3 Å². The van der Waals surface area contributed by atoms with Crippen LogP contribution in [0.1, 0.15) is 52.4 Å². The van der Waals surface area contributed by atoms with E-state index in [1.54, 1.807) is 13.8 Å². The van der Waals surface area contributed by atoms with Crippen molar-refractivity contribution in [2.75, 3.05) is 37.6 Å². The zero-order valence-electron chi connectivity index (χ0n) is 16.7. The number of thiazole rings is 1. The van der Waals surface area contributed by atoms with Crippen molar-refractivity contribution < 1.29 is 9.32 Å². The Morgan fingerprint density at radius 2 is 2.11 bits per heavy atom. The van der Waals surface area contributed by atoms with Crippen molar-refractivity contribution >= 4 is 22.4 Å². The van der Waals surface area contributed by atoms with Crippen LogP contribution in [0.5, 0.6) is 0 Å². The second-order valence-corrected chi connectivity index (χ2v) is 9.05. The number of nitrogens with zero attached hydrogens (tertiary/aromatic N) is 4. The van der Waals surface area contributed by atoms with Gasteiger partial charge in [0.05, 0.1) is 5.69 Å². The summed E-state index contributed by atoms with van der Waals surface area (Å²) in [6, 6.07) is 0. The molecular formula is C20H29N5O2S. The van der Waals surface area contributed by atoms with Gasteiger partial charge in [-0.3, -0.25) is 9.69 Å². The molecule has 1 amide bonds. The van der Waals surface area contributed by atoms with Crippen molar-refractivity contribution in [1.82, 2.24) is 20.4 Å². The first-order valence-electron chi connectivity index (χ1n) is 10.2. The molecule has 2 aliphatic rings. The van der Waals surface area contributed by atoms with Gasteiger partial charge >= 0.3 is 0 Å². The summed E-state index contributed by atoms with van der Waals surface area (Å²) >= 11 is 1.83. The molecule has 2 aromatic heterocycles. The van der Waals surface area contributed by atoms with Crippen LogP contribution in [0.2, 0.25) is 0 Å². The van der Waals surface area contributed by atoms with Crippen molar-refractivity contribution in [3.8, 4) is 0 Å². The van der Waals surface area contributed by atoms with E-state index in [0.29, 0.717) is 29.5 Å². The van der Waals surface area contributed by atoms with Crippen molar-refractivity contribution in [3.63, 3.8) is 0 Å². The van der Waals surface area contributed by atoms with Gasteiger partial charge in [0.2, 0.25) is 0 Å². The lowest BCUT2D eigenvalue weighted by molar-refractivity contribution is 0.0929. The van der Waals surface area contributed by atoms with Gasteiger partial charge in [-0.05, 0) is 52.0 Å². The molecule has 0 aromatic carbocycles. The molecule has 1 N–H and O–H groups in total. The summed E-state index contributed by atoms with van der Waals surface area (Å²) < 4.78 is 5.10. The highest BCUT2D eigenvalue weighted by Crippen LogP contribution is 2.28. The number of likely N-dealkylation sites (tertiary alicyclic amines) is 1. The summed E-state index contributed by atoms with van der Waals surface area (Å²) in [5, 5.41) is 8.12. The first-order chi connectivity index (χ1) is 13.6. The lowest BCUT2D eigenvalue weighted by Gasteiger charge is -2.32. The maximum absolute atomic E-state index is 12.5. The van der Waals surface area contributed by atoms with Gasteiger partial charge in [0.25, 0.3) is 5.91 Å². The fourth-order valence-electron chi connectivity index (χ4n) is 4.24. The first kappa shape index (κ1) is 19.4. The minimum Gasteiger partial charge on any atom is -0.361 e. The van der Waals surface area contributed by atoms with E-state index >= 15 is 0 Å². The molecule has 28 heavy (non-hydrogen) atoms. The predicted molar refractivity (Wildman–Crippen MR) is 110 cm³/mol. The highest BCUT2D eigenvalue weighted by Gasteiger charge is 2.24. The molecule has 1 atom stereocenters. The van der Waals surface area contributed by atoms with E-state index in [0.717, 1.165) is 39.1 Å².